The molecule has 3 heteroatoms. The van der Waals surface area contributed by atoms with Gasteiger partial charge in [-0.05, 0) is 31.1 Å². The van der Waals surface area contributed by atoms with Gasteiger partial charge in [-0.2, -0.15) is 0 Å². The number of nitrogens with two attached hydrogens (primary N) is 1. The van der Waals surface area contributed by atoms with Gasteiger partial charge in [-0.3, -0.25) is 4.79 Å². The van der Waals surface area contributed by atoms with Crippen molar-refractivity contribution in [3.63, 3.8) is 0 Å². The first-order valence-corrected chi connectivity index (χ1v) is 6.29. The first kappa shape index (κ1) is 10.9. The van der Waals surface area contributed by atoms with Crippen LogP contribution in [0.5, 0.6) is 0 Å². The molecule has 0 heterocycles. The van der Waals surface area contributed by atoms with Crippen LogP contribution in [0.4, 0.5) is 0 Å². The highest BCUT2D eigenvalue weighted by Gasteiger charge is 2.33. The highest BCUT2D eigenvalue weighted by atomic mass is 16.1. The molecule has 2 fully saturated rings. The lowest BCUT2D eigenvalue weighted by Gasteiger charge is -2.32. The van der Waals surface area contributed by atoms with Crippen molar-refractivity contribution in [3.8, 4) is 0 Å². The topological polar surface area (TPSA) is 55.1 Å². The van der Waals surface area contributed by atoms with Crippen molar-refractivity contribution in [2.24, 2.45) is 17.6 Å². The quantitative estimate of drug-likeness (QED) is 0.740. The van der Waals surface area contributed by atoms with Crippen molar-refractivity contribution in [1.82, 2.24) is 5.32 Å². The monoisotopic (exact) mass is 210 g/mol. The fourth-order valence-electron chi connectivity index (χ4n) is 3.26. The Bertz CT molecular complexity index is 230. The van der Waals surface area contributed by atoms with Crippen LogP contribution in [0.3, 0.4) is 0 Å². The summed E-state index contributed by atoms with van der Waals surface area (Å²) in [5.74, 6) is 1.99. The van der Waals surface area contributed by atoms with Crippen LogP contribution in [0, 0.1) is 11.8 Å². The molecule has 0 radical (unpaired) electrons. The van der Waals surface area contributed by atoms with Gasteiger partial charge in [-0.15, -0.1) is 0 Å². The van der Waals surface area contributed by atoms with Gasteiger partial charge < -0.3 is 11.1 Å². The minimum atomic E-state index is 0.138. The van der Waals surface area contributed by atoms with E-state index in [9.17, 15) is 4.79 Å². The summed E-state index contributed by atoms with van der Waals surface area (Å²) >= 11 is 0. The molecular formula is C12H22N2O. The normalized spacial score (nSPS) is 34.9. The number of carbonyl (C=O) groups is 1. The molecule has 3 unspecified atom stereocenters. The lowest BCUT2D eigenvalue weighted by Crippen LogP contribution is -2.40. The smallest absolute Gasteiger partial charge is 0.221 e. The first-order chi connectivity index (χ1) is 7.29. The molecule has 0 bridgehead atoms. The maximum Gasteiger partial charge on any atom is 0.221 e. The molecule has 0 aliphatic heterocycles. The Hall–Kier alpha value is -0.570. The average Bonchev–Trinajstić information content (AvgIpc) is 2.65. The van der Waals surface area contributed by atoms with Crippen LogP contribution in [-0.2, 0) is 4.79 Å². The largest absolute Gasteiger partial charge is 0.353 e. The van der Waals surface area contributed by atoms with Gasteiger partial charge in [-0.25, -0.2) is 0 Å². The standard InChI is InChI=1S/C12H22N2O/c13-7-6-12(15)14-11-5-4-9-2-1-3-10(9)8-11/h9-11H,1-8,13H2,(H,14,15). The summed E-state index contributed by atoms with van der Waals surface area (Å²) in [6.07, 6.45) is 8.39. The van der Waals surface area contributed by atoms with Gasteiger partial charge in [0.25, 0.3) is 0 Å². The Morgan fingerprint density at radius 2 is 2.00 bits per heavy atom. The number of amides is 1. The van der Waals surface area contributed by atoms with Crippen molar-refractivity contribution in [1.29, 1.82) is 0 Å². The third kappa shape index (κ3) is 2.71. The summed E-state index contributed by atoms with van der Waals surface area (Å²) in [5.41, 5.74) is 5.36. The van der Waals surface area contributed by atoms with E-state index in [0.29, 0.717) is 19.0 Å². The van der Waals surface area contributed by atoms with Gasteiger partial charge in [0, 0.05) is 19.0 Å². The van der Waals surface area contributed by atoms with E-state index in [-0.39, 0.29) is 5.91 Å². The minimum absolute atomic E-state index is 0.138. The third-order valence-corrected chi connectivity index (χ3v) is 4.03. The van der Waals surface area contributed by atoms with Crippen molar-refractivity contribution >= 4 is 5.91 Å². The van der Waals surface area contributed by atoms with Gasteiger partial charge in [0.1, 0.15) is 0 Å². The zero-order valence-electron chi connectivity index (χ0n) is 9.37. The molecule has 3 N–H and O–H groups in total. The summed E-state index contributed by atoms with van der Waals surface area (Å²) in [4.78, 5) is 11.4. The lowest BCUT2D eigenvalue weighted by molar-refractivity contribution is -0.122. The zero-order valence-corrected chi connectivity index (χ0v) is 9.37. The van der Waals surface area contributed by atoms with Gasteiger partial charge in [0.2, 0.25) is 5.91 Å². The predicted octanol–water partition coefficient (Wildman–Crippen LogP) is 1.42. The number of fused-ring (bicyclic) bond motifs is 1. The SMILES string of the molecule is NCCC(=O)NC1CCC2CCCC2C1. The maximum absolute atomic E-state index is 11.4. The second-order valence-corrected chi connectivity index (χ2v) is 5.07. The van der Waals surface area contributed by atoms with Crippen molar-refractivity contribution < 1.29 is 4.79 Å². The van der Waals surface area contributed by atoms with Crippen LogP contribution in [0.25, 0.3) is 0 Å². The van der Waals surface area contributed by atoms with Crippen LogP contribution >= 0.6 is 0 Å². The van der Waals surface area contributed by atoms with E-state index in [4.69, 9.17) is 5.73 Å². The van der Waals surface area contributed by atoms with E-state index < -0.39 is 0 Å². The summed E-state index contributed by atoms with van der Waals surface area (Å²) in [6, 6.07) is 0.434. The highest BCUT2D eigenvalue weighted by molar-refractivity contribution is 5.76. The summed E-state index contributed by atoms with van der Waals surface area (Å²) in [7, 11) is 0. The van der Waals surface area contributed by atoms with Crippen LogP contribution < -0.4 is 11.1 Å². The average molecular weight is 210 g/mol. The first-order valence-electron chi connectivity index (χ1n) is 6.29. The summed E-state index contributed by atoms with van der Waals surface area (Å²) in [6.45, 7) is 0.463. The Labute approximate surface area is 91.8 Å². The van der Waals surface area contributed by atoms with Crippen molar-refractivity contribution in [3.05, 3.63) is 0 Å². The predicted molar refractivity (Wildman–Crippen MR) is 60.3 cm³/mol. The highest BCUT2D eigenvalue weighted by Crippen LogP contribution is 2.41. The summed E-state index contributed by atoms with van der Waals surface area (Å²) in [5, 5.41) is 3.11. The van der Waals surface area contributed by atoms with E-state index in [0.717, 1.165) is 11.8 Å². The molecule has 1 amide bonds. The minimum Gasteiger partial charge on any atom is -0.353 e. The molecule has 3 nitrogen and oxygen atoms in total. The van der Waals surface area contributed by atoms with Gasteiger partial charge in [-0.1, -0.05) is 19.3 Å². The Morgan fingerprint density at radius 1 is 1.20 bits per heavy atom. The number of carbonyl (C=O) groups excluding carboxylic acids is 1. The van der Waals surface area contributed by atoms with Crippen LogP contribution in [0.1, 0.15) is 44.9 Å². The molecule has 0 aromatic carbocycles. The fraction of sp³-hybridized carbons (Fsp3) is 0.917. The molecule has 0 spiro atoms. The Balaban J connectivity index is 1.77. The van der Waals surface area contributed by atoms with Gasteiger partial charge in [0.05, 0.1) is 0 Å². The Morgan fingerprint density at radius 3 is 2.80 bits per heavy atom. The molecule has 2 rings (SSSR count). The number of rotatable bonds is 3. The van der Waals surface area contributed by atoms with Crippen molar-refractivity contribution in [2.75, 3.05) is 6.54 Å². The second-order valence-electron chi connectivity index (χ2n) is 5.07. The number of hydrogen-bond acceptors (Lipinski definition) is 2. The van der Waals surface area contributed by atoms with Crippen LogP contribution in [-0.4, -0.2) is 18.5 Å². The molecule has 2 saturated carbocycles. The van der Waals surface area contributed by atoms with E-state index >= 15 is 0 Å². The zero-order chi connectivity index (χ0) is 10.7. The van der Waals surface area contributed by atoms with Crippen LogP contribution in [0.2, 0.25) is 0 Å². The lowest BCUT2D eigenvalue weighted by atomic mass is 9.79. The second kappa shape index (κ2) is 4.97. The van der Waals surface area contributed by atoms with Gasteiger partial charge >= 0.3 is 0 Å². The van der Waals surface area contributed by atoms with Crippen LogP contribution in [0.15, 0.2) is 0 Å². The Kier molecular flexibility index (Phi) is 3.62. The van der Waals surface area contributed by atoms with E-state index in [1.165, 1.54) is 38.5 Å². The number of hydrogen-bond donors (Lipinski definition) is 2. The molecule has 0 aromatic heterocycles. The molecule has 0 saturated heterocycles. The molecular weight excluding hydrogens is 188 g/mol. The molecule has 2 aliphatic rings. The van der Waals surface area contributed by atoms with Crippen molar-refractivity contribution in [2.45, 2.75) is 51.0 Å². The van der Waals surface area contributed by atoms with E-state index in [1.54, 1.807) is 0 Å². The molecule has 15 heavy (non-hydrogen) atoms. The molecule has 2 aliphatic carbocycles. The molecule has 86 valence electrons. The molecule has 0 aromatic rings. The third-order valence-electron chi connectivity index (χ3n) is 4.03. The fourth-order valence-corrected chi connectivity index (χ4v) is 3.26. The maximum atomic E-state index is 11.4. The van der Waals surface area contributed by atoms with E-state index in [1.807, 2.05) is 0 Å². The molecule has 3 atom stereocenters. The number of nitrogens with one attached hydrogen (secondary N) is 1. The van der Waals surface area contributed by atoms with E-state index in [2.05, 4.69) is 5.32 Å². The summed E-state index contributed by atoms with van der Waals surface area (Å²) < 4.78 is 0. The van der Waals surface area contributed by atoms with Gasteiger partial charge in [0.15, 0.2) is 0 Å².